The second-order valence-electron chi connectivity index (χ2n) is 1.23. The van der Waals surface area contributed by atoms with Crippen LogP contribution in [-0.2, 0) is 10.0 Å². The lowest BCUT2D eigenvalue weighted by Gasteiger charge is -1.95. The molecule has 0 amide bonds. The number of hydrogen-bond acceptors (Lipinski definition) is 3. The summed E-state index contributed by atoms with van der Waals surface area (Å²) in [5.41, 5.74) is 0. The number of nitrogens with one attached hydrogen (secondary N) is 1. The van der Waals surface area contributed by atoms with E-state index in [0.29, 0.717) is 0 Å². The Labute approximate surface area is 53.9 Å². The first kappa shape index (κ1) is 8.26. The highest BCUT2D eigenvalue weighted by atomic mass is 32.3. The molecule has 0 aliphatic rings. The number of rotatable bonds is 3. The van der Waals surface area contributed by atoms with Crippen LogP contribution in [-0.4, -0.2) is 26.8 Å². The van der Waals surface area contributed by atoms with Crippen molar-refractivity contribution in [2.24, 2.45) is 0 Å². The van der Waals surface area contributed by atoms with Crippen molar-refractivity contribution < 1.29 is 8.42 Å². The summed E-state index contributed by atoms with van der Waals surface area (Å²) in [6, 6.07) is 0. The smallest absolute Gasteiger partial charge is 0.218 e. The zero-order chi connectivity index (χ0) is 6.62. The van der Waals surface area contributed by atoms with Gasteiger partial charge < -0.3 is 0 Å². The third-order valence-electron chi connectivity index (χ3n) is 0.584. The van der Waals surface area contributed by atoms with Crippen molar-refractivity contribution in [3.05, 3.63) is 0 Å². The molecule has 3 nitrogen and oxygen atoms in total. The summed E-state index contributed by atoms with van der Waals surface area (Å²) < 4.78 is 23.1. The lowest BCUT2D eigenvalue weighted by atomic mass is 11.6. The standard InChI is InChI=1S/C3H9NO2S2/c1-4-8(5,6)3-7-2/h4H,3H2,1-2H3. The van der Waals surface area contributed by atoms with Gasteiger partial charge in [0.15, 0.2) is 0 Å². The van der Waals surface area contributed by atoms with Crippen LogP contribution < -0.4 is 4.72 Å². The molecule has 8 heavy (non-hydrogen) atoms. The van der Waals surface area contributed by atoms with Crippen LogP contribution in [0, 0.1) is 0 Å². The molecular formula is C3H9NO2S2. The van der Waals surface area contributed by atoms with Gasteiger partial charge in [-0.3, -0.25) is 0 Å². The quantitative estimate of drug-likeness (QED) is 0.617. The minimum Gasteiger partial charge on any atom is -0.218 e. The van der Waals surface area contributed by atoms with Crippen LogP contribution in [0.4, 0.5) is 0 Å². The van der Waals surface area contributed by atoms with Crippen LogP contribution in [0.15, 0.2) is 0 Å². The van der Waals surface area contributed by atoms with Crippen molar-refractivity contribution >= 4 is 21.8 Å². The fourth-order valence-corrected chi connectivity index (χ4v) is 1.93. The maximum Gasteiger partial charge on any atom is 0.220 e. The number of sulfonamides is 1. The van der Waals surface area contributed by atoms with E-state index in [0.717, 1.165) is 0 Å². The molecule has 0 atom stereocenters. The molecule has 0 heterocycles. The fourth-order valence-electron chi connectivity index (χ4n) is 0.214. The summed E-state index contributed by atoms with van der Waals surface area (Å²) in [6.45, 7) is 0. The highest BCUT2D eigenvalue weighted by molar-refractivity contribution is 8.11. The van der Waals surface area contributed by atoms with Crippen LogP contribution in [0.1, 0.15) is 0 Å². The maximum atomic E-state index is 10.5. The molecule has 0 unspecified atom stereocenters. The molecule has 0 aliphatic carbocycles. The predicted molar refractivity (Wildman–Crippen MR) is 36.4 cm³/mol. The second kappa shape index (κ2) is 3.32. The molecular weight excluding hydrogens is 146 g/mol. The van der Waals surface area contributed by atoms with Gasteiger partial charge in [-0.25, -0.2) is 13.1 Å². The van der Waals surface area contributed by atoms with E-state index in [4.69, 9.17) is 0 Å². The van der Waals surface area contributed by atoms with Gasteiger partial charge in [-0.2, -0.15) is 0 Å². The Hall–Kier alpha value is 0.260. The van der Waals surface area contributed by atoms with Crippen molar-refractivity contribution in [1.29, 1.82) is 0 Å². The van der Waals surface area contributed by atoms with Gasteiger partial charge in [-0.15, -0.1) is 11.8 Å². The second-order valence-corrected chi connectivity index (χ2v) is 4.38. The maximum absolute atomic E-state index is 10.5. The fraction of sp³-hybridized carbons (Fsp3) is 1.00. The predicted octanol–water partition coefficient (Wildman–Crippen LogP) is -0.144. The highest BCUT2D eigenvalue weighted by Crippen LogP contribution is 1.95. The molecule has 0 rings (SSSR count). The van der Waals surface area contributed by atoms with E-state index in [2.05, 4.69) is 4.72 Å². The van der Waals surface area contributed by atoms with E-state index in [1.54, 1.807) is 6.26 Å². The SMILES string of the molecule is CNS(=O)(=O)CSC. The normalized spacial score (nSPS) is 11.8. The van der Waals surface area contributed by atoms with E-state index in [1.807, 2.05) is 0 Å². The molecule has 0 aromatic heterocycles. The molecule has 0 saturated heterocycles. The van der Waals surface area contributed by atoms with E-state index >= 15 is 0 Å². The monoisotopic (exact) mass is 155 g/mol. The first-order chi connectivity index (χ1) is 3.62. The van der Waals surface area contributed by atoms with Crippen LogP contribution in [0.25, 0.3) is 0 Å². The van der Waals surface area contributed by atoms with Crippen molar-refractivity contribution in [2.75, 3.05) is 18.4 Å². The van der Waals surface area contributed by atoms with Crippen molar-refractivity contribution in [3.63, 3.8) is 0 Å². The van der Waals surface area contributed by atoms with E-state index in [-0.39, 0.29) is 5.08 Å². The average molecular weight is 155 g/mol. The Morgan fingerprint density at radius 1 is 1.62 bits per heavy atom. The van der Waals surface area contributed by atoms with Crippen molar-refractivity contribution in [1.82, 2.24) is 4.72 Å². The molecule has 1 N–H and O–H groups in total. The minimum atomic E-state index is -2.96. The summed E-state index contributed by atoms with van der Waals surface area (Å²) in [7, 11) is -1.55. The van der Waals surface area contributed by atoms with E-state index in [1.165, 1.54) is 18.8 Å². The van der Waals surface area contributed by atoms with Gasteiger partial charge >= 0.3 is 0 Å². The summed E-state index contributed by atoms with van der Waals surface area (Å²) in [5.74, 6) is 0. The summed E-state index contributed by atoms with van der Waals surface area (Å²) in [6.07, 6.45) is 1.74. The molecule has 0 aromatic carbocycles. The molecule has 0 saturated carbocycles. The topological polar surface area (TPSA) is 46.2 Å². The molecule has 5 heteroatoms. The first-order valence-corrected chi connectivity index (χ1v) is 5.07. The molecule has 50 valence electrons. The first-order valence-electron chi connectivity index (χ1n) is 2.02. The van der Waals surface area contributed by atoms with Gasteiger partial charge in [0, 0.05) is 0 Å². The van der Waals surface area contributed by atoms with Crippen LogP contribution in [0.3, 0.4) is 0 Å². The Balaban J connectivity index is 3.76. The zero-order valence-electron chi connectivity index (χ0n) is 4.84. The van der Waals surface area contributed by atoms with Crippen LogP contribution in [0.5, 0.6) is 0 Å². The summed E-state index contributed by atoms with van der Waals surface area (Å²) in [5, 5.41) is 0.142. The molecule has 0 spiro atoms. The molecule has 0 aromatic rings. The average Bonchev–Trinajstić information content (AvgIpc) is 1.67. The van der Waals surface area contributed by atoms with Crippen LogP contribution >= 0.6 is 11.8 Å². The zero-order valence-corrected chi connectivity index (χ0v) is 6.47. The van der Waals surface area contributed by atoms with Crippen molar-refractivity contribution in [3.8, 4) is 0 Å². The molecule has 0 radical (unpaired) electrons. The molecule has 0 aliphatic heterocycles. The van der Waals surface area contributed by atoms with Crippen LogP contribution in [0.2, 0.25) is 0 Å². The van der Waals surface area contributed by atoms with Crippen molar-refractivity contribution in [2.45, 2.75) is 0 Å². The lowest BCUT2D eigenvalue weighted by molar-refractivity contribution is 0.593. The minimum absolute atomic E-state index is 0.142. The highest BCUT2D eigenvalue weighted by Gasteiger charge is 2.02. The van der Waals surface area contributed by atoms with Gasteiger partial charge in [-0.1, -0.05) is 0 Å². The Bertz CT molecular complexity index is 139. The summed E-state index contributed by atoms with van der Waals surface area (Å²) >= 11 is 1.28. The number of hydrogen-bond donors (Lipinski definition) is 1. The third kappa shape index (κ3) is 3.29. The van der Waals surface area contributed by atoms with Gasteiger partial charge in [-0.05, 0) is 13.3 Å². The Morgan fingerprint density at radius 2 is 2.12 bits per heavy atom. The molecule has 0 fully saturated rings. The van der Waals surface area contributed by atoms with Gasteiger partial charge in [0.05, 0.1) is 0 Å². The largest absolute Gasteiger partial charge is 0.220 e. The van der Waals surface area contributed by atoms with Gasteiger partial charge in [0.1, 0.15) is 5.08 Å². The van der Waals surface area contributed by atoms with Gasteiger partial charge in [0.25, 0.3) is 0 Å². The van der Waals surface area contributed by atoms with E-state index in [9.17, 15) is 8.42 Å². The van der Waals surface area contributed by atoms with Gasteiger partial charge in [0.2, 0.25) is 10.0 Å². The Kier molecular flexibility index (Phi) is 3.43. The van der Waals surface area contributed by atoms with E-state index < -0.39 is 10.0 Å². The molecule has 0 bridgehead atoms. The Morgan fingerprint density at radius 3 is 2.25 bits per heavy atom. The summed E-state index contributed by atoms with van der Waals surface area (Å²) in [4.78, 5) is 0. The third-order valence-corrected chi connectivity index (χ3v) is 3.39. The number of thioether (sulfide) groups is 1. The lowest BCUT2D eigenvalue weighted by Crippen LogP contribution is -2.19.